The van der Waals surface area contributed by atoms with E-state index in [9.17, 15) is 0 Å². The Balaban J connectivity index is 1.20. The monoisotopic (exact) mass is 835 g/mol. The molecule has 10 aromatic rings. The normalized spacial score (nSPS) is 12.4. The number of nitrogens with zero attached hydrogens (tertiary/aromatic N) is 3. The van der Waals surface area contributed by atoms with Crippen molar-refractivity contribution in [3.8, 4) is 22.3 Å². The van der Waals surface area contributed by atoms with Crippen molar-refractivity contribution >= 4 is 62.0 Å². The average Bonchev–Trinajstić information content (AvgIpc) is 3.59. The summed E-state index contributed by atoms with van der Waals surface area (Å²) in [6.07, 6.45) is 0. The Labute approximate surface area is 382 Å². The molecule has 0 amide bonds. The van der Waals surface area contributed by atoms with Gasteiger partial charge in [0.15, 0.2) is 0 Å². The summed E-state index contributed by atoms with van der Waals surface area (Å²) in [4.78, 5) is 7.21. The zero-order valence-corrected chi connectivity index (χ0v) is 36.9. The maximum absolute atomic E-state index is 2.47. The third-order valence-corrected chi connectivity index (χ3v) is 13.1. The van der Waals surface area contributed by atoms with Crippen LogP contribution in [0.25, 0.3) is 33.0 Å². The predicted octanol–water partition coefficient (Wildman–Crippen LogP) is 17.5. The number of hydrogen-bond acceptors (Lipinski definition) is 3. The zero-order chi connectivity index (χ0) is 43.9. The van der Waals surface area contributed by atoms with Crippen molar-refractivity contribution in [1.29, 1.82) is 0 Å². The second-order valence-corrected chi connectivity index (χ2v) is 17.5. The molecule has 0 aromatic heterocycles. The van der Waals surface area contributed by atoms with Crippen molar-refractivity contribution < 1.29 is 0 Å². The van der Waals surface area contributed by atoms with Gasteiger partial charge in [0.2, 0.25) is 0 Å². The molecule has 0 N–H and O–H groups in total. The Kier molecular flexibility index (Phi) is 10.1. The van der Waals surface area contributed by atoms with Crippen LogP contribution in [0.3, 0.4) is 0 Å². The van der Waals surface area contributed by atoms with Gasteiger partial charge in [-0.05, 0) is 154 Å². The van der Waals surface area contributed by atoms with Gasteiger partial charge in [-0.25, -0.2) is 0 Å². The molecule has 0 unspecified atom stereocenters. The van der Waals surface area contributed by atoms with Gasteiger partial charge >= 0.3 is 0 Å². The van der Waals surface area contributed by atoms with Gasteiger partial charge in [-0.3, -0.25) is 0 Å². The van der Waals surface area contributed by atoms with Crippen LogP contribution in [-0.2, 0) is 5.41 Å². The molecule has 10 aromatic carbocycles. The highest BCUT2D eigenvalue weighted by Crippen LogP contribution is 2.53. The lowest BCUT2D eigenvalue weighted by atomic mass is 9.82. The van der Waals surface area contributed by atoms with Crippen LogP contribution in [-0.4, -0.2) is 0 Å². The Bertz CT molecular complexity index is 3110. The molecule has 65 heavy (non-hydrogen) atoms. The first-order valence-corrected chi connectivity index (χ1v) is 22.5. The standard InChI is InChI=1S/C62H49N3/c1-44-20-19-31-59-61(44)58-37-36-54(43-60(58)62(59,2)3)65(53-35-34-46-32-33-47(38-48(46)39-53)45-21-9-4-10-22-45)57-41-55(63(49-23-11-5-12-24-49)50-25-13-6-14-26-50)40-56(42-57)64(51-27-15-7-16-28-51)52-29-17-8-18-30-52/h4-43H,1-3H3. The highest BCUT2D eigenvalue weighted by atomic mass is 15.2. The third-order valence-electron chi connectivity index (χ3n) is 13.1. The fourth-order valence-corrected chi connectivity index (χ4v) is 9.90. The summed E-state index contributed by atoms with van der Waals surface area (Å²) >= 11 is 0. The molecule has 0 aliphatic heterocycles. The highest BCUT2D eigenvalue weighted by Gasteiger charge is 2.37. The van der Waals surface area contributed by atoms with Crippen molar-refractivity contribution in [2.75, 3.05) is 14.7 Å². The maximum Gasteiger partial charge on any atom is 0.0503 e. The zero-order valence-electron chi connectivity index (χ0n) is 36.9. The lowest BCUT2D eigenvalue weighted by Gasteiger charge is -2.33. The number of benzene rings is 10. The molecule has 11 rings (SSSR count). The fourth-order valence-electron chi connectivity index (χ4n) is 9.90. The van der Waals surface area contributed by atoms with E-state index in [1.54, 1.807) is 0 Å². The maximum atomic E-state index is 2.47. The van der Waals surface area contributed by atoms with E-state index in [0.717, 1.165) is 51.2 Å². The summed E-state index contributed by atoms with van der Waals surface area (Å²) in [5.74, 6) is 0. The van der Waals surface area contributed by atoms with E-state index >= 15 is 0 Å². The van der Waals surface area contributed by atoms with Crippen LogP contribution in [0.15, 0.2) is 243 Å². The topological polar surface area (TPSA) is 9.72 Å². The van der Waals surface area contributed by atoms with Crippen molar-refractivity contribution in [3.63, 3.8) is 0 Å². The summed E-state index contributed by atoms with van der Waals surface area (Å²) in [5, 5.41) is 2.38. The van der Waals surface area contributed by atoms with Gasteiger partial charge in [0.1, 0.15) is 0 Å². The lowest BCUT2D eigenvalue weighted by molar-refractivity contribution is 0.660. The first kappa shape index (κ1) is 39.7. The fraction of sp³-hybridized carbons (Fsp3) is 0.0645. The molecular weight excluding hydrogens is 787 g/mol. The number of hydrogen-bond donors (Lipinski definition) is 0. The molecule has 3 heteroatoms. The lowest BCUT2D eigenvalue weighted by Crippen LogP contribution is -2.18. The Morgan fingerprint density at radius 3 is 1.26 bits per heavy atom. The van der Waals surface area contributed by atoms with E-state index in [4.69, 9.17) is 0 Å². The third kappa shape index (κ3) is 7.31. The predicted molar refractivity (Wildman–Crippen MR) is 276 cm³/mol. The van der Waals surface area contributed by atoms with Crippen molar-refractivity contribution in [2.45, 2.75) is 26.2 Å². The second-order valence-electron chi connectivity index (χ2n) is 17.5. The number of anilines is 9. The molecular formula is C62H49N3. The van der Waals surface area contributed by atoms with Gasteiger partial charge in [0.05, 0.1) is 17.1 Å². The van der Waals surface area contributed by atoms with Gasteiger partial charge in [-0.1, -0.05) is 159 Å². The van der Waals surface area contributed by atoms with E-state index in [2.05, 4.69) is 278 Å². The van der Waals surface area contributed by atoms with Gasteiger partial charge in [-0.2, -0.15) is 0 Å². The van der Waals surface area contributed by atoms with E-state index in [1.807, 2.05) is 0 Å². The van der Waals surface area contributed by atoms with Crippen LogP contribution in [0.4, 0.5) is 51.2 Å². The molecule has 0 saturated carbocycles. The molecule has 0 spiro atoms. The van der Waals surface area contributed by atoms with Crippen molar-refractivity contribution in [1.82, 2.24) is 0 Å². The van der Waals surface area contributed by atoms with Crippen molar-refractivity contribution in [2.24, 2.45) is 0 Å². The summed E-state index contributed by atoms with van der Waals surface area (Å²) < 4.78 is 0. The average molecular weight is 836 g/mol. The van der Waals surface area contributed by atoms with Crippen LogP contribution < -0.4 is 14.7 Å². The minimum atomic E-state index is -0.186. The van der Waals surface area contributed by atoms with Gasteiger partial charge in [-0.15, -0.1) is 0 Å². The van der Waals surface area contributed by atoms with Crippen LogP contribution in [0.5, 0.6) is 0 Å². The molecule has 0 atom stereocenters. The molecule has 312 valence electrons. The van der Waals surface area contributed by atoms with E-state index < -0.39 is 0 Å². The van der Waals surface area contributed by atoms with Crippen molar-refractivity contribution in [3.05, 3.63) is 259 Å². The van der Waals surface area contributed by atoms with Crippen LogP contribution in [0.1, 0.15) is 30.5 Å². The molecule has 0 radical (unpaired) electrons. The smallest absolute Gasteiger partial charge is 0.0503 e. The molecule has 1 aliphatic carbocycles. The number of fused-ring (bicyclic) bond motifs is 4. The molecule has 1 aliphatic rings. The molecule has 0 heterocycles. The van der Waals surface area contributed by atoms with Gasteiger partial charge in [0, 0.05) is 39.5 Å². The number of rotatable bonds is 10. The first-order chi connectivity index (χ1) is 31.9. The largest absolute Gasteiger partial charge is 0.310 e. The summed E-state index contributed by atoms with van der Waals surface area (Å²) in [6, 6.07) is 88.2. The van der Waals surface area contributed by atoms with E-state index in [1.165, 1.54) is 49.7 Å². The summed E-state index contributed by atoms with van der Waals surface area (Å²) in [5.41, 5.74) is 18.5. The van der Waals surface area contributed by atoms with E-state index in [-0.39, 0.29) is 5.41 Å². The Morgan fingerprint density at radius 2 is 0.738 bits per heavy atom. The second kappa shape index (κ2) is 16.5. The molecule has 0 saturated heterocycles. The van der Waals surface area contributed by atoms with Gasteiger partial charge in [0.25, 0.3) is 0 Å². The Morgan fingerprint density at radius 1 is 0.292 bits per heavy atom. The van der Waals surface area contributed by atoms with Crippen LogP contribution in [0.2, 0.25) is 0 Å². The van der Waals surface area contributed by atoms with Crippen LogP contribution in [0, 0.1) is 6.92 Å². The molecule has 0 bridgehead atoms. The quantitative estimate of drug-likeness (QED) is 0.136. The van der Waals surface area contributed by atoms with Crippen LogP contribution >= 0.6 is 0 Å². The first-order valence-electron chi connectivity index (χ1n) is 22.5. The minimum Gasteiger partial charge on any atom is -0.310 e. The minimum absolute atomic E-state index is 0.186. The highest BCUT2D eigenvalue weighted by molar-refractivity contribution is 5.95. The molecule has 0 fully saturated rings. The Hall–Kier alpha value is -8.14. The SMILES string of the molecule is Cc1cccc2c1-c1ccc(N(c3cc(N(c4ccccc4)c4ccccc4)cc(N(c4ccccc4)c4ccccc4)c3)c3ccc4ccc(-c5ccccc5)cc4c3)cc1C2(C)C. The molecule has 3 nitrogen and oxygen atoms in total. The number of aryl methyl sites for hydroxylation is 1. The van der Waals surface area contributed by atoms with Gasteiger partial charge < -0.3 is 14.7 Å². The number of para-hydroxylation sites is 4. The van der Waals surface area contributed by atoms with E-state index in [0.29, 0.717) is 0 Å². The summed E-state index contributed by atoms with van der Waals surface area (Å²) in [6.45, 7) is 6.99. The summed E-state index contributed by atoms with van der Waals surface area (Å²) in [7, 11) is 0.